The molecule has 0 radical (unpaired) electrons. The summed E-state index contributed by atoms with van der Waals surface area (Å²) < 4.78 is 23.7. The van der Waals surface area contributed by atoms with Crippen LogP contribution >= 0.6 is 0 Å². The molecule has 5 heterocycles. The lowest BCUT2D eigenvalue weighted by atomic mass is 9.73. The first kappa shape index (κ1) is 19.3. The Kier molecular flexibility index (Phi) is 3.96. The van der Waals surface area contributed by atoms with E-state index in [0.29, 0.717) is 30.0 Å². The number of rotatable bonds is 2. The van der Waals surface area contributed by atoms with E-state index in [1.807, 2.05) is 38.1 Å². The Morgan fingerprint density at radius 1 is 1.16 bits per heavy atom. The maximum Gasteiger partial charge on any atom is 0.336 e. The molecule has 0 fully saturated rings. The molecule has 2 aromatic heterocycles. The van der Waals surface area contributed by atoms with Gasteiger partial charge in [-0.25, -0.2) is 9.78 Å². The highest BCUT2D eigenvalue weighted by atomic mass is 16.7. The van der Waals surface area contributed by atoms with Crippen LogP contribution in [0.5, 0.6) is 11.5 Å². The van der Waals surface area contributed by atoms with Crippen molar-refractivity contribution in [2.24, 2.45) is 0 Å². The predicted molar refractivity (Wildman–Crippen MR) is 115 cm³/mol. The zero-order chi connectivity index (χ0) is 22.2. The number of fused-ring (bicyclic) bond motifs is 6. The van der Waals surface area contributed by atoms with Crippen LogP contribution in [0.15, 0.2) is 29.1 Å². The SMILES string of the molecule is CC[C@]1(C)c2cc3n(c(=O)c2COC(=O)[C@H]1OC)Cc1cc2cc4c(cc2nc1-3)OCO4. The molecular formula is C24H22N2O6. The van der Waals surface area contributed by atoms with Crippen molar-refractivity contribution in [2.75, 3.05) is 13.9 Å². The standard InChI is InChI=1S/C24H22N2O6/c1-4-24(2)15-7-17-20-13(5-12-6-18-19(32-11-31-18)8-16(12)25-20)9-26(17)22(27)14(15)10-30-23(28)21(24)29-3/h5-8,21H,4,9-11H2,1-3H3/t21-,24-/m1/s1. The lowest BCUT2D eigenvalue weighted by molar-refractivity contribution is -0.160. The minimum absolute atomic E-state index is 0.0596. The molecule has 8 nitrogen and oxygen atoms in total. The fourth-order valence-electron chi connectivity index (χ4n) is 5.16. The highest BCUT2D eigenvalue weighted by Gasteiger charge is 2.46. The number of cyclic esters (lactones) is 1. The van der Waals surface area contributed by atoms with Crippen molar-refractivity contribution in [1.29, 1.82) is 0 Å². The van der Waals surface area contributed by atoms with Gasteiger partial charge in [-0.15, -0.1) is 0 Å². The van der Waals surface area contributed by atoms with Gasteiger partial charge in [0.2, 0.25) is 6.79 Å². The molecule has 3 aliphatic heterocycles. The molecule has 32 heavy (non-hydrogen) atoms. The van der Waals surface area contributed by atoms with E-state index in [4.69, 9.17) is 23.9 Å². The maximum absolute atomic E-state index is 13.6. The third-order valence-electron chi connectivity index (χ3n) is 7.10. The summed E-state index contributed by atoms with van der Waals surface area (Å²) in [6, 6.07) is 7.83. The monoisotopic (exact) mass is 434 g/mol. The van der Waals surface area contributed by atoms with Crippen molar-refractivity contribution in [3.63, 3.8) is 0 Å². The summed E-state index contributed by atoms with van der Waals surface area (Å²) in [7, 11) is 1.50. The third-order valence-corrected chi connectivity index (χ3v) is 7.10. The Hall–Kier alpha value is -3.39. The summed E-state index contributed by atoms with van der Waals surface area (Å²) in [5.74, 6) is 0.919. The number of carbonyl (C=O) groups is 1. The second-order valence-electron chi connectivity index (χ2n) is 8.70. The molecular weight excluding hydrogens is 412 g/mol. The van der Waals surface area contributed by atoms with Gasteiger partial charge in [-0.2, -0.15) is 0 Å². The number of aromatic nitrogens is 2. The lowest BCUT2D eigenvalue weighted by Crippen LogP contribution is -2.43. The van der Waals surface area contributed by atoms with Gasteiger partial charge >= 0.3 is 5.97 Å². The van der Waals surface area contributed by atoms with E-state index in [2.05, 4.69) is 0 Å². The van der Waals surface area contributed by atoms with Crippen LogP contribution < -0.4 is 15.0 Å². The number of pyridine rings is 2. The molecule has 0 amide bonds. The minimum atomic E-state index is -0.790. The molecule has 6 rings (SSSR count). The van der Waals surface area contributed by atoms with Crippen molar-refractivity contribution in [2.45, 2.75) is 44.9 Å². The molecule has 0 bridgehead atoms. The fourth-order valence-corrected chi connectivity index (χ4v) is 5.16. The molecule has 0 N–H and O–H groups in total. The summed E-state index contributed by atoms with van der Waals surface area (Å²) >= 11 is 0. The number of nitrogens with zero attached hydrogens (tertiary/aromatic N) is 2. The molecule has 164 valence electrons. The smallest absolute Gasteiger partial charge is 0.336 e. The van der Waals surface area contributed by atoms with Crippen LogP contribution in [0.25, 0.3) is 22.3 Å². The summed E-state index contributed by atoms with van der Waals surface area (Å²) in [6.07, 6.45) is -0.181. The van der Waals surface area contributed by atoms with Crippen LogP contribution in [0.4, 0.5) is 0 Å². The van der Waals surface area contributed by atoms with E-state index in [1.54, 1.807) is 4.57 Å². The number of esters is 1. The first-order valence-corrected chi connectivity index (χ1v) is 10.6. The Morgan fingerprint density at radius 2 is 1.94 bits per heavy atom. The van der Waals surface area contributed by atoms with Crippen LogP contribution in [0.3, 0.4) is 0 Å². The first-order valence-electron chi connectivity index (χ1n) is 10.6. The van der Waals surface area contributed by atoms with Crippen molar-refractivity contribution in [3.05, 3.63) is 51.3 Å². The van der Waals surface area contributed by atoms with Gasteiger partial charge in [0.1, 0.15) is 6.61 Å². The van der Waals surface area contributed by atoms with Crippen LogP contribution in [-0.4, -0.2) is 35.5 Å². The van der Waals surface area contributed by atoms with Gasteiger partial charge in [-0.05, 0) is 30.2 Å². The maximum atomic E-state index is 13.6. The lowest BCUT2D eigenvalue weighted by Gasteiger charge is -2.33. The van der Waals surface area contributed by atoms with E-state index in [-0.39, 0.29) is 19.0 Å². The summed E-state index contributed by atoms with van der Waals surface area (Å²) in [5, 5.41) is 0.933. The van der Waals surface area contributed by atoms with Gasteiger partial charge in [0, 0.05) is 29.5 Å². The summed E-state index contributed by atoms with van der Waals surface area (Å²) in [4.78, 5) is 31.0. The van der Waals surface area contributed by atoms with Gasteiger partial charge in [-0.1, -0.05) is 13.8 Å². The van der Waals surface area contributed by atoms with Crippen LogP contribution in [-0.2, 0) is 32.8 Å². The zero-order valence-electron chi connectivity index (χ0n) is 18.1. The molecule has 0 saturated carbocycles. The molecule has 2 atom stereocenters. The number of carbonyl (C=O) groups excluding carboxylic acids is 1. The largest absolute Gasteiger partial charge is 0.459 e. The molecule has 0 unspecified atom stereocenters. The van der Waals surface area contributed by atoms with E-state index >= 15 is 0 Å². The highest BCUT2D eigenvalue weighted by molar-refractivity contribution is 5.87. The quantitative estimate of drug-likeness (QED) is 0.448. The van der Waals surface area contributed by atoms with Crippen LogP contribution in [0.2, 0.25) is 0 Å². The number of hydrogen-bond acceptors (Lipinski definition) is 7. The Morgan fingerprint density at radius 3 is 2.69 bits per heavy atom. The van der Waals surface area contributed by atoms with Crippen molar-refractivity contribution in [1.82, 2.24) is 9.55 Å². The average molecular weight is 434 g/mol. The molecule has 0 saturated heterocycles. The minimum Gasteiger partial charge on any atom is -0.459 e. The van der Waals surface area contributed by atoms with Gasteiger partial charge in [0.15, 0.2) is 17.6 Å². The zero-order valence-corrected chi connectivity index (χ0v) is 18.1. The van der Waals surface area contributed by atoms with E-state index in [9.17, 15) is 9.59 Å². The second-order valence-corrected chi connectivity index (χ2v) is 8.70. The summed E-state index contributed by atoms with van der Waals surface area (Å²) in [6.45, 7) is 4.50. The van der Waals surface area contributed by atoms with Crippen LogP contribution in [0.1, 0.15) is 37.0 Å². The van der Waals surface area contributed by atoms with Gasteiger partial charge < -0.3 is 23.5 Å². The Labute approximate surface area is 183 Å². The number of ether oxygens (including phenoxy) is 4. The second kappa shape index (κ2) is 6.56. The third kappa shape index (κ3) is 2.44. The molecule has 0 spiro atoms. The molecule has 3 aliphatic rings. The summed E-state index contributed by atoms with van der Waals surface area (Å²) in [5.41, 5.74) is 3.68. The van der Waals surface area contributed by atoms with E-state index < -0.39 is 17.5 Å². The average Bonchev–Trinajstić information content (AvgIpc) is 3.36. The number of benzene rings is 1. The Balaban J connectivity index is 1.59. The predicted octanol–water partition coefficient (Wildman–Crippen LogP) is 2.89. The molecule has 3 aromatic rings. The van der Waals surface area contributed by atoms with E-state index in [0.717, 1.165) is 33.4 Å². The Bertz CT molecular complexity index is 1380. The molecule has 1 aromatic carbocycles. The molecule has 0 aliphatic carbocycles. The van der Waals surface area contributed by atoms with Gasteiger partial charge in [0.05, 0.1) is 29.0 Å². The van der Waals surface area contributed by atoms with Crippen LogP contribution in [0, 0.1) is 0 Å². The van der Waals surface area contributed by atoms with Gasteiger partial charge in [0.25, 0.3) is 5.56 Å². The number of methoxy groups -OCH3 is 1. The normalized spacial score (nSPS) is 22.8. The molecule has 8 heteroatoms. The van der Waals surface area contributed by atoms with E-state index in [1.165, 1.54) is 7.11 Å². The fraction of sp³-hybridized carbons (Fsp3) is 0.375. The number of hydrogen-bond donors (Lipinski definition) is 0. The topological polar surface area (TPSA) is 88.9 Å². The van der Waals surface area contributed by atoms with Crippen molar-refractivity contribution < 1.29 is 23.7 Å². The van der Waals surface area contributed by atoms with Gasteiger partial charge in [-0.3, -0.25) is 4.79 Å². The van der Waals surface area contributed by atoms with Crippen molar-refractivity contribution in [3.8, 4) is 22.9 Å². The first-order chi connectivity index (χ1) is 15.4. The van der Waals surface area contributed by atoms with Crippen molar-refractivity contribution >= 4 is 16.9 Å². The highest BCUT2D eigenvalue weighted by Crippen LogP contribution is 2.42.